The van der Waals surface area contributed by atoms with E-state index in [0.29, 0.717) is 26.2 Å². The standard InChI is InChI=1S/C11H18F3N3O3/c1-16(10(19)7-20-8-11(12,13)14)6-9(18)17-4-2-15-3-5-17/h15H,2-8H2,1H3. The Morgan fingerprint density at radius 2 is 1.90 bits per heavy atom. The number of piperazine rings is 1. The topological polar surface area (TPSA) is 61.9 Å². The summed E-state index contributed by atoms with van der Waals surface area (Å²) in [4.78, 5) is 26.0. The number of hydrogen-bond acceptors (Lipinski definition) is 4. The average Bonchev–Trinajstić information content (AvgIpc) is 2.38. The molecule has 0 radical (unpaired) electrons. The number of rotatable bonds is 5. The summed E-state index contributed by atoms with van der Waals surface area (Å²) >= 11 is 0. The van der Waals surface area contributed by atoms with Crippen LogP contribution in [0.15, 0.2) is 0 Å². The average molecular weight is 297 g/mol. The molecule has 0 saturated carbocycles. The Kier molecular flexibility index (Phi) is 6.21. The van der Waals surface area contributed by atoms with Crippen molar-refractivity contribution in [3.63, 3.8) is 0 Å². The molecule has 0 aliphatic carbocycles. The molecule has 20 heavy (non-hydrogen) atoms. The Morgan fingerprint density at radius 1 is 1.30 bits per heavy atom. The lowest BCUT2D eigenvalue weighted by molar-refractivity contribution is -0.177. The van der Waals surface area contributed by atoms with Crippen LogP contribution in [0.3, 0.4) is 0 Å². The van der Waals surface area contributed by atoms with Gasteiger partial charge in [-0.25, -0.2) is 0 Å². The van der Waals surface area contributed by atoms with Gasteiger partial charge in [0.15, 0.2) is 0 Å². The first-order valence-electron chi connectivity index (χ1n) is 6.16. The van der Waals surface area contributed by atoms with E-state index in [1.54, 1.807) is 4.90 Å². The molecule has 0 aromatic rings. The van der Waals surface area contributed by atoms with E-state index in [1.807, 2.05) is 0 Å². The molecule has 0 aromatic heterocycles. The molecule has 1 aliphatic heterocycles. The number of halogens is 3. The zero-order chi connectivity index (χ0) is 15.2. The maximum absolute atomic E-state index is 11.8. The van der Waals surface area contributed by atoms with Gasteiger partial charge in [0.2, 0.25) is 11.8 Å². The molecule has 9 heteroatoms. The fourth-order valence-corrected chi connectivity index (χ4v) is 1.67. The van der Waals surface area contributed by atoms with Crippen LogP contribution in [0, 0.1) is 0 Å². The van der Waals surface area contributed by atoms with Crippen LogP contribution >= 0.6 is 0 Å². The van der Waals surface area contributed by atoms with Crippen LogP contribution < -0.4 is 5.32 Å². The Hall–Kier alpha value is -1.35. The number of hydrogen-bond donors (Lipinski definition) is 1. The summed E-state index contributed by atoms with van der Waals surface area (Å²) < 4.78 is 39.8. The maximum Gasteiger partial charge on any atom is 0.411 e. The molecule has 0 aromatic carbocycles. The van der Waals surface area contributed by atoms with E-state index in [2.05, 4.69) is 10.1 Å². The Labute approximate surface area is 114 Å². The molecule has 6 nitrogen and oxygen atoms in total. The van der Waals surface area contributed by atoms with Crippen molar-refractivity contribution in [3.05, 3.63) is 0 Å². The molecule has 1 aliphatic rings. The van der Waals surface area contributed by atoms with E-state index < -0.39 is 25.3 Å². The van der Waals surface area contributed by atoms with E-state index in [-0.39, 0.29) is 12.5 Å². The van der Waals surface area contributed by atoms with Crippen LogP contribution in [0.2, 0.25) is 0 Å². The maximum atomic E-state index is 11.8. The van der Waals surface area contributed by atoms with Crippen molar-refractivity contribution in [1.82, 2.24) is 15.1 Å². The fourth-order valence-electron chi connectivity index (χ4n) is 1.67. The normalized spacial score (nSPS) is 16.1. The molecule has 0 unspecified atom stereocenters. The van der Waals surface area contributed by atoms with Crippen molar-refractivity contribution in [1.29, 1.82) is 0 Å². The van der Waals surface area contributed by atoms with Gasteiger partial charge in [-0.2, -0.15) is 13.2 Å². The second kappa shape index (κ2) is 7.44. The number of carbonyl (C=O) groups excluding carboxylic acids is 2. The number of ether oxygens (including phenoxy) is 1. The Morgan fingerprint density at radius 3 is 2.45 bits per heavy atom. The van der Waals surface area contributed by atoms with Crippen molar-refractivity contribution in [2.45, 2.75) is 6.18 Å². The third-order valence-electron chi connectivity index (χ3n) is 2.76. The van der Waals surface area contributed by atoms with Crippen LogP contribution in [0.25, 0.3) is 0 Å². The Bertz CT molecular complexity index is 344. The minimum Gasteiger partial charge on any atom is -0.362 e. The summed E-state index contributed by atoms with van der Waals surface area (Å²) in [5.74, 6) is -0.879. The zero-order valence-corrected chi connectivity index (χ0v) is 11.2. The van der Waals surface area contributed by atoms with E-state index in [0.717, 1.165) is 4.90 Å². The summed E-state index contributed by atoms with van der Waals surface area (Å²) in [6, 6.07) is 0. The fraction of sp³-hybridized carbons (Fsp3) is 0.818. The van der Waals surface area contributed by atoms with Crippen LogP contribution in [0.4, 0.5) is 13.2 Å². The highest BCUT2D eigenvalue weighted by atomic mass is 19.4. The smallest absolute Gasteiger partial charge is 0.362 e. The molecule has 0 spiro atoms. The quantitative estimate of drug-likeness (QED) is 0.740. The van der Waals surface area contributed by atoms with Gasteiger partial charge in [-0.1, -0.05) is 0 Å². The molecular weight excluding hydrogens is 279 g/mol. The molecule has 1 N–H and O–H groups in total. The van der Waals surface area contributed by atoms with Crippen LogP contribution in [-0.2, 0) is 14.3 Å². The molecule has 1 rings (SSSR count). The molecule has 2 amide bonds. The lowest BCUT2D eigenvalue weighted by Crippen LogP contribution is -2.50. The van der Waals surface area contributed by atoms with Crippen molar-refractivity contribution in [3.8, 4) is 0 Å². The van der Waals surface area contributed by atoms with Gasteiger partial charge in [-0.15, -0.1) is 0 Å². The summed E-state index contributed by atoms with van der Waals surface area (Å²) in [6.07, 6.45) is -4.46. The predicted molar refractivity (Wildman–Crippen MR) is 64.0 cm³/mol. The predicted octanol–water partition coefficient (Wildman–Crippen LogP) is -0.544. The molecule has 116 valence electrons. The second-order valence-electron chi connectivity index (χ2n) is 4.49. The van der Waals surface area contributed by atoms with Gasteiger partial charge in [0.1, 0.15) is 13.2 Å². The first kappa shape index (κ1) is 16.7. The van der Waals surface area contributed by atoms with Crippen LogP contribution in [-0.4, -0.2) is 80.8 Å². The van der Waals surface area contributed by atoms with E-state index in [1.165, 1.54) is 7.05 Å². The molecule has 1 saturated heterocycles. The van der Waals surface area contributed by atoms with Gasteiger partial charge >= 0.3 is 6.18 Å². The highest BCUT2D eigenvalue weighted by Crippen LogP contribution is 2.14. The minimum absolute atomic E-state index is 0.159. The van der Waals surface area contributed by atoms with Crippen LogP contribution in [0.1, 0.15) is 0 Å². The van der Waals surface area contributed by atoms with Gasteiger partial charge in [0, 0.05) is 33.2 Å². The molecule has 0 bridgehead atoms. The minimum atomic E-state index is -4.46. The van der Waals surface area contributed by atoms with Gasteiger partial charge in [0.05, 0.1) is 6.54 Å². The van der Waals surface area contributed by atoms with Gasteiger partial charge in [0.25, 0.3) is 0 Å². The number of alkyl halides is 3. The first-order chi connectivity index (χ1) is 9.29. The largest absolute Gasteiger partial charge is 0.411 e. The van der Waals surface area contributed by atoms with E-state index in [4.69, 9.17) is 0 Å². The number of carbonyl (C=O) groups is 2. The molecule has 1 fully saturated rings. The second-order valence-corrected chi connectivity index (χ2v) is 4.49. The van der Waals surface area contributed by atoms with Gasteiger partial charge < -0.3 is 19.9 Å². The van der Waals surface area contributed by atoms with E-state index in [9.17, 15) is 22.8 Å². The molecular formula is C11H18F3N3O3. The van der Waals surface area contributed by atoms with Crippen LogP contribution in [0.5, 0.6) is 0 Å². The molecule has 1 heterocycles. The summed E-state index contributed by atoms with van der Waals surface area (Å²) in [7, 11) is 1.36. The van der Waals surface area contributed by atoms with Crippen molar-refractivity contribution in [2.24, 2.45) is 0 Å². The van der Waals surface area contributed by atoms with Crippen molar-refractivity contribution >= 4 is 11.8 Å². The summed E-state index contributed by atoms with van der Waals surface area (Å²) in [5.41, 5.74) is 0. The monoisotopic (exact) mass is 297 g/mol. The van der Waals surface area contributed by atoms with Crippen molar-refractivity contribution in [2.75, 3.05) is 53.0 Å². The lowest BCUT2D eigenvalue weighted by atomic mass is 10.3. The van der Waals surface area contributed by atoms with Gasteiger partial charge in [-0.3, -0.25) is 9.59 Å². The lowest BCUT2D eigenvalue weighted by Gasteiger charge is -2.29. The third kappa shape index (κ3) is 6.20. The summed E-state index contributed by atoms with van der Waals surface area (Å²) in [6.45, 7) is 0.185. The number of amides is 2. The highest BCUT2D eigenvalue weighted by Gasteiger charge is 2.28. The van der Waals surface area contributed by atoms with Gasteiger partial charge in [-0.05, 0) is 0 Å². The zero-order valence-electron chi connectivity index (χ0n) is 11.2. The third-order valence-corrected chi connectivity index (χ3v) is 2.76. The Balaban J connectivity index is 2.28. The number of nitrogens with one attached hydrogen (secondary N) is 1. The highest BCUT2D eigenvalue weighted by molar-refractivity contribution is 5.85. The first-order valence-corrected chi connectivity index (χ1v) is 6.16. The van der Waals surface area contributed by atoms with E-state index >= 15 is 0 Å². The SMILES string of the molecule is CN(CC(=O)N1CCNCC1)C(=O)COCC(F)(F)F. The molecule has 0 atom stereocenters. The number of likely N-dealkylation sites (N-methyl/N-ethyl adjacent to an activating group) is 1. The van der Waals surface area contributed by atoms with Crippen molar-refractivity contribution < 1.29 is 27.5 Å². The summed E-state index contributed by atoms with van der Waals surface area (Å²) in [5, 5.41) is 3.09. The number of nitrogens with zero attached hydrogens (tertiary/aromatic N) is 2.